The van der Waals surface area contributed by atoms with E-state index in [4.69, 9.17) is 14.9 Å². The minimum atomic E-state index is -1.70. The van der Waals surface area contributed by atoms with Gasteiger partial charge in [-0.15, -0.1) is 0 Å². The molecule has 0 bridgehead atoms. The van der Waals surface area contributed by atoms with E-state index in [0.717, 1.165) is 10.5 Å². The Kier molecular flexibility index (Phi) is 3.59. The molecule has 0 aromatic rings. The molecule has 0 fully saturated rings. The molecular formula is C14H15NO6. The molecule has 7 heteroatoms. The van der Waals surface area contributed by atoms with Crippen molar-refractivity contribution in [2.24, 2.45) is 5.41 Å². The van der Waals surface area contributed by atoms with Crippen molar-refractivity contribution in [3.05, 3.63) is 35.4 Å². The van der Waals surface area contributed by atoms with Crippen molar-refractivity contribution < 1.29 is 29.3 Å². The van der Waals surface area contributed by atoms with Crippen molar-refractivity contribution in [3.8, 4) is 0 Å². The van der Waals surface area contributed by atoms with Crippen LogP contribution in [0.25, 0.3) is 0 Å². The fraction of sp³-hybridized carbons (Fsp3) is 0.357. The fourth-order valence-corrected chi connectivity index (χ4v) is 2.62. The van der Waals surface area contributed by atoms with Gasteiger partial charge in [-0.25, -0.2) is 4.79 Å². The molecule has 0 spiro atoms. The molecule has 1 aliphatic heterocycles. The fourth-order valence-electron chi connectivity index (χ4n) is 2.62. The van der Waals surface area contributed by atoms with E-state index in [9.17, 15) is 14.4 Å². The lowest BCUT2D eigenvalue weighted by molar-refractivity contribution is -0.157. The topological polar surface area (TPSA) is 104 Å². The lowest BCUT2D eigenvalue weighted by Crippen LogP contribution is -2.42. The van der Waals surface area contributed by atoms with E-state index in [-0.39, 0.29) is 5.70 Å². The van der Waals surface area contributed by atoms with Crippen LogP contribution in [0.2, 0.25) is 0 Å². The molecule has 112 valence electrons. The van der Waals surface area contributed by atoms with Gasteiger partial charge in [-0.3, -0.25) is 14.5 Å². The van der Waals surface area contributed by atoms with Gasteiger partial charge in [-0.05, 0) is 18.1 Å². The molecule has 0 aromatic carbocycles. The SMILES string of the molecule is CC1(C)CC2=CC=COC2=C1N(CC(=O)O)C(=O)C(=O)O. The second-order valence-electron chi connectivity index (χ2n) is 5.47. The van der Waals surface area contributed by atoms with Crippen LogP contribution in [-0.2, 0) is 19.1 Å². The summed E-state index contributed by atoms with van der Waals surface area (Å²) >= 11 is 0. The Labute approximate surface area is 120 Å². The number of hydrogen-bond donors (Lipinski definition) is 2. The summed E-state index contributed by atoms with van der Waals surface area (Å²) in [7, 11) is 0. The van der Waals surface area contributed by atoms with Gasteiger partial charge in [-0.2, -0.15) is 0 Å². The van der Waals surface area contributed by atoms with Crippen LogP contribution >= 0.6 is 0 Å². The summed E-state index contributed by atoms with van der Waals surface area (Å²) in [6.45, 7) is 2.89. The first kappa shape index (κ1) is 14.8. The number of fused-ring (bicyclic) bond motifs is 1. The molecule has 0 saturated carbocycles. The van der Waals surface area contributed by atoms with Gasteiger partial charge >= 0.3 is 17.8 Å². The van der Waals surface area contributed by atoms with E-state index in [0.29, 0.717) is 12.2 Å². The number of aliphatic carboxylic acids is 2. The van der Waals surface area contributed by atoms with E-state index in [1.54, 1.807) is 12.2 Å². The van der Waals surface area contributed by atoms with Gasteiger partial charge in [0.15, 0.2) is 0 Å². The van der Waals surface area contributed by atoms with Crippen molar-refractivity contribution in [1.82, 2.24) is 4.90 Å². The molecule has 0 unspecified atom stereocenters. The summed E-state index contributed by atoms with van der Waals surface area (Å²) < 4.78 is 5.39. The standard InChI is InChI=1S/C14H15NO6/c1-14(2)6-8-4-3-5-21-10(8)11(14)15(7-9(16)17)12(18)13(19)20/h3-5H,6-7H2,1-2H3,(H,16,17)(H,19,20). The van der Waals surface area contributed by atoms with E-state index < -0.39 is 29.8 Å². The number of carboxylic acid groups (broad SMARTS) is 2. The van der Waals surface area contributed by atoms with E-state index in [1.165, 1.54) is 6.26 Å². The van der Waals surface area contributed by atoms with Crippen molar-refractivity contribution in [2.75, 3.05) is 6.54 Å². The molecule has 21 heavy (non-hydrogen) atoms. The van der Waals surface area contributed by atoms with Crippen molar-refractivity contribution >= 4 is 17.8 Å². The summed E-state index contributed by atoms with van der Waals surface area (Å²) in [5.41, 5.74) is 0.493. The van der Waals surface area contributed by atoms with Crippen molar-refractivity contribution in [1.29, 1.82) is 0 Å². The number of carboxylic acids is 2. The molecule has 0 aromatic heterocycles. The molecule has 1 heterocycles. The number of rotatable bonds is 3. The van der Waals surface area contributed by atoms with Crippen LogP contribution < -0.4 is 0 Å². The molecule has 2 N–H and O–H groups in total. The number of nitrogens with zero attached hydrogens (tertiary/aromatic N) is 1. The zero-order valence-corrected chi connectivity index (χ0v) is 11.6. The average Bonchev–Trinajstić information content (AvgIpc) is 2.64. The first-order chi connectivity index (χ1) is 9.74. The van der Waals surface area contributed by atoms with Gasteiger partial charge in [0.05, 0.1) is 12.0 Å². The number of amides is 1. The summed E-state index contributed by atoms with van der Waals surface area (Å²) in [6.07, 6.45) is 5.44. The predicted molar refractivity (Wildman–Crippen MR) is 70.7 cm³/mol. The number of carbonyl (C=O) groups excluding carboxylic acids is 1. The largest absolute Gasteiger partial charge is 0.480 e. The molecule has 1 amide bonds. The van der Waals surface area contributed by atoms with Crippen LogP contribution in [0.5, 0.6) is 0 Å². The third-order valence-electron chi connectivity index (χ3n) is 3.33. The van der Waals surface area contributed by atoms with Crippen LogP contribution in [0.1, 0.15) is 20.3 Å². The minimum Gasteiger partial charge on any atom is -0.480 e. The van der Waals surface area contributed by atoms with Gasteiger partial charge in [0.2, 0.25) is 0 Å². The Hall–Kier alpha value is -2.57. The van der Waals surface area contributed by atoms with E-state index in [1.807, 2.05) is 13.8 Å². The Balaban J connectivity index is 2.53. The zero-order chi connectivity index (χ0) is 15.8. The molecule has 2 rings (SSSR count). The normalized spacial score (nSPS) is 18.7. The third-order valence-corrected chi connectivity index (χ3v) is 3.33. The molecule has 7 nitrogen and oxygen atoms in total. The van der Waals surface area contributed by atoms with Gasteiger partial charge in [0.25, 0.3) is 0 Å². The number of carbonyl (C=O) groups is 3. The first-order valence-electron chi connectivity index (χ1n) is 6.28. The smallest absolute Gasteiger partial charge is 0.394 e. The maximum Gasteiger partial charge on any atom is 0.394 e. The van der Waals surface area contributed by atoms with Gasteiger partial charge in [0, 0.05) is 5.41 Å². The third kappa shape index (κ3) is 2.67. The maximum absolute atomic E-state index is 11.9. The van der Waals surface area contributed by atoms with Crippen LogP contribution in [0, 0.1) is 5.41 Å². The van der Waals surface area contributed by atoms with Gasteiger partial charge in [-0.1, -0.05) is 19.9 Å². The Bertz CT molecular complexity index is 611. The highest BCUT2D eigenvalue weighted by molar-refractivity contribution is 6.32. The molecular weight excluding hydrogens is 278 g/mol. The van der Waals surface area contributed by atoms with Crippen molar-refractivity contribution in [3.63, 3.8) is 0 Å². The summed E-state index contributed by atoms with van der Waals surface area (Å²) in [6, 6.07) is 0. The highest BCUT2D eigenvalue weighted by Gasteiger charge is 2.44. The number of allylic oxidation sites excluding steroid dienone is 4. The quantitative estimate of drug-likeness (QED) is 0.755. The van der Waals surface area contributed by atoms with Crippen LogP contribution in [0.15, 0.2) is 35.4 Å². The zero-order valence-electron chi connectivity index (χ0n) is 11.6. The highest BCUT2D eigenvalue weighted by atomic mass is 16.5. The Morgan fingerprint density at radius 1 is 1.33 bits per heavy atom. The summed E-state index contributed by atoms with van der Waals surface area (Å²) in [5, 5.41) is 17.9. The summed E-state index contributed by atoms with van der Waals surface area (Å²) in [5.74, 6) is -3.92. The molecule has 0 saturated heterocycles. The van der Waals surface area contributed by atoms with Crippen LogP contribution in [0.3, 0.4) is 0 Å². The lowest BCUT2D eigenvalue weighted by Gasteiger charge is -2.30. The number of ether oxygens (including phenoxy) is 1. The highest BCUT2D eigenvalue weighted by Crippen LogP contribution is 2.48. The number of hydrogen-bond acceptors (Lipinski definition) is 4. The Morgan fingerprint density at radius 2 is 2.00 bits per heavy atom. The van der Waals surface area contributed by atoms with E-state index >= 15 is 0 Å². The van der Waals surface area contributed by atoms with E-state index in [2.05, 4.69) is 0 Å². The second-order valence-corrected chi connectivity index (χ2v) is 5.47. The molecule has 0 radical (unpaired) electrons. The molecule has 2 aliphatic rings. The monoisotopic (exact) mass is 293 g/mol. The lowest BCUT2D eigenvalue weighted by atomic mass is 9.88. The van der Waals surface area contributed by atoms with Crippen LogP contribution in [0.4, 0.5) is 0 Å². The average molecular weight is 293 g/mol. The maximum atomic E-state index is 11.9. The molecule has 1 aliphatic carbocycles. The van der Waals surface area contributed by atoms with Crippen molar-refractivity contribution in [2.45, 2.75) is 20.3 Å². The summed E-state index contributed by atoms with van der Waals surface area (Å²) in [4.78, 5) is 34.6. The van der Waals surface area contributed by atoms with Gasteiger partial charge < -0.3 is 14.9 Å². The van der Waals surface area contributed by atoms with Gasteiger partial charge in [0.1, 0.15) is 12.3 Å². The predicted octanol–water partition coefficient (Wildman–Crippen LogP) is 1.10. The minimum absolute atomic E-state index is 0.285. The van der Waals surface area contributed by atoms with Crippen LogP contribution in [-0.4, -0.2) is 39.5 Å². The Morgan fingerprint density at radius 3 is 2.57 bits per heavy atom. The second kappa shape index (κ2) is 5.08. The molecule has 0 atom stereocenters. The first-order valence-corrected chi connectivity index (χ1v) is 6.28.